The van der Waals surface area contributed by atoms with E-state index in [4.69, 9.17) is 0 Å². The highest BCUT2D eigenvalue weighted by molar-refractivity contribution is 6.09. The highest BCUT2D eigenvalue weighted by atomic mass is 19.4. The fraction of sp³-hybridized carbons (Fsp3) is 0.300. The molecule has 27 heavy (non-hydrogen) atoms. The summed E-state index contributed by atoms with van der Waals surface area (Å²) in [6.45, 7) is 2.63. The first-order valence-electron chi connectivity index (χ1n) is 8.49. The quantitative estimate of drug-likeness (QED) is 0.742. The molecule has 0 fully saturated rings. The highest BCUT2D eigenvalue weighted by Crippen LogP contribution is 2.36. The Bertz CT molecular complexity index is 917. The minimum atomic E-state index is -4.57. The van der Waals surface area contributed by atoms with Crippen LogP contribution in [-0.4, -0.2) is 25.5 Å². The lowest BCUT2D eigenvalue weighted by molar-refractivity contribution is -0.137. The molecule has 0 aromatic heterocycles. The van der Waals surface area contributed by atoms with Gasteiger partial charge in [0, 0.05) is 19.6 Å². The van der Waals surface area contributed by atoms with Gasteiger partial charge in [-0.15, -0.1) is 0 Å². The van der Waals surface area contributed by atoms with Crippen molar-refractivity contribution in [3.8, 4) is 6.07 Å². The van der Waals surface area contributed by atoms with E-state index in [0.717, 1.165) is 30.4 Å². The average molecular weight is 373 g/mol. The van der Waals surface area contributed by atoms with E-state index in [2.05, 4.69) is 0 Å². The molecule has 1 heterocycles. The molecule has 7 heteroatoms. The third kappa shape index (κ3) is 3.47. The minimum Gasteiger partial charge on any atom is -0.373 e. The predicted octanol–water partition coefficient (Wildman–Crippen LogP) is 4.45. The number of carbonyl (C=O) groups is 1. The van der Waals surface area contributed by atoms with E-state index >= 15 is 0 Å². The first-order chi connectivity index (χ1) is 12.7. The first kappa shape index (κ1) is 18.8. The third-order valence-electron chi connectivity index (χ3n) is 4.79. The molecular weight excluding hydrogens is 355 g/mol. The molecule has 1 amide bonds. The van der Waals surface area contributed by atoms with Crippen LogP contribution >= 0.6 is 0 Å². The molecule has 3 rings (SSSR count). The van der Waals surface area contributed by atoms with Gasteiger partial charge in [-0.1, -0.05) is 12.1 Å². The van der Waals surface area contributed by atoms with Crippen molar-refractivity contribution in [1.29, 1.82) is 5.26 Å². The number of hydrogen-bond donors (Lipinski definition) is 0. The maximum Gasteiger partial charge on any atom is 0.416 e. The van der Waals surface area contributed by atoms with E-state index in [-0.39, 0.29) is 17.2 Å². The van der Waals surface area contributed by atoms with Crippen LogP contribution in [0.25, 0.3) is 0 Å². The molecule has 0 aliphatic carbocycles. The summed E-state index contributed by atoms with van der Waals surface area (Å²) < 4.78 is 38.8. The van der Waals surface area contributed by atoms with Crippen LogP contribution in [0.2, 0.25) is 0 Å². The van der Waals surface area contributed by atoms with Crippen molar-refractivity contribution < 1.29 is 18.0 Å². The number of para-hydroxylation sites is 2. The third-order valence-corrected chi connectivity index (χ3v) is 4.79. The smallest absolute Gasteiger partial charge is 0.373 e. The molecule has 140 valence electrons. The summed E-state index contributed by atoms with van der Waals surface area (Å²) in [7, 11) is 1.93. The Labute approximate surface area is 155 Å². The second-order valence-electron chi connectivity index (χ2n) is 6.59. The van der Waals surface area contributed by atoms with E-state index < -0.39 is 17.6 Å². The normalized spacial score (nSPS) is 17.1. The van der Waals surface area contributed by atoms with Crippen molar-refractivity contribution in [3.05, 3.63) is 59.2 Å². The van der Waals surface area contributed by atoms with Gasteiger partial charge in [0.2, 0.25) is 0 Å². The van der Waals surface area contributed by atoms with Crippen molar-refractivity contribution in [3.63, 3.8) is 0 Å². The Morgan fingerprint density at radius 3 is 2.48 bits per heavy atom. The summed E-state index contributed by atoms with van der Waals surface area (Å²) in [5, 5.41) is 9.32. The van der Waals surface area contributed by atoms with Gasteiger partial charge in [-0.2, -0.15) is 18.4 Å². The van der Waals surface area contributed by atoms with Gasteiger partial charge < -0.3 is 9.80 Å². The monoisotopic (exact) mass is 373 g/mol. The topological polar surface area (TPSA) is 47.3 Å². The lowest BCUT2D eigenvalue weighted by atomic mass is 10.0. The van der Waals surface area contributed by atoms with Gasteiger partial charge in [-0.25, -0.2) is 0 Å². The lowest BCUT2D eigenvalue weighted by Gasteiger charge is -2.29. The van der Waals surface area contributed by atoms with Crippen LogP contribution < -0.4 is 9.80 Å². The lowest BCUT2D eigenvalue weighted by Crippen LogP contribution is -2.39. The van der Waals surface area contributed by atoms with Crippen molar-refractivity contribution in [2.45, 2.75) is 25.6 Å². The van der Waals surface area contributed by atoms with Gasteiger partial charge in [0.25, 0.3) is 5.91 Å². The maximum atomic E-state index is 13.2. The molecule has 0 spiro atoms. The van der Waals surface area contributed by atoms with E-state index in [1.165, 1.54) is 0 Å². The van der Waals surface area contributed by atoms with Crippen LogP contribution in [0.15, 0.2) is 42.5 Å². The number of nitriles is 1. The number of hydrogen-bond acceptors (Lipinski definition) is 3. The number of alkyl halides is 3. The summed E-state index contributed by atoms with van der Waals surface area (Å²) in [6, 6.07) is 11.6. The molecule has 2 aromatic rings. The number of anilines is 2. The molecule has 0 N–H and O–H groups in total. The first-order valence-corrected chi connectivity index (χ1v) is 8.49. The number of fused-ring (bicyclic) bond motifs is 1. The summed E-state index contributed by atoms with van der Waals surface area (Å²) in [6.07, 6.45) is -3.88. The molecule has 0 radical (unpaired) electrons. The summed E-state index contributed by atoms with van der Waals surface area (Å²) >= 11 is 0. The zero-order valence-corrected chi connectivity index (χ0v) is 14.9. The number of halogens is 3. The minimum absolute atomic E-state index is 0.0308. The second-order valence-corrected chi connectivity index (χ2v) is 6.59. The van der Waals surface area contributed by atoms with E-state index in [0.29, 0.717) is 12.1 Å². The number of amides is 1. The SMILES string of the molecule is CC1CCN(C)c2ccccc2N1C(=O)c1ccc(C(F)(F)F)cc1C#N. The van der Waals surface area contributed by atoms with E-state index in [1.807, 2.05) is 43.1 Å². The number of rotatable bonds is 1. The molecular formula is C20H18F3N3O. The molecule has 0 saturated heterocycles. The molecule has 1 unspecified atom stereocenters. The van der Waals surface area contributed by atoms with Gasteiger partial charge in [0.15, 0.2) is 0 Å². The standard InChI is InChI=1S/C20H18F3N3O/c1-13-9-10-25(2)17-5-3-4-6-18(17)26(13)19(27)16-8-7-15(20(21,22)23)11-14(16)12-24/h3-8,11,13H,9-10H2,1-2H3. The molecule has 0 bridgehead atoms. The molecule has 1 atom stereocenters. The second kappa shape index (κ2) is 6.95. The maximum absolute atomic E-state index is 13.2. The zero-order valence-electron chi connectivity index (χ0n) is 14.9. The fourth-order valence-electron chi connectivity index (χ4n) is 3.30. The summed E-state index contributed by atoms with van der Waals surface area (Å²) in [5.74, 6) is -0.476. The summed E-state index contributed by atoms with van der Waals surface area (Å²) in [4.78, 5) is 16.9. The summed E-state index contributed by atoms with van der Waals surface area (Å²) in [5.41, 5.74) is 0.285. The van der Waals surface area contributed by atoms with Crippen molar-refractivity contribution in [1.82, 2.24) is 0 Å². The van der Waals surface area contributed by atoms with Crippen LogP contribution in [-0.2, 0) is 6.18 Å². The number of benzene rings is 2. The van der Waals surface area contributed by atoms with Crippen molar-refractivity contribution in [2.24, 2.45) is 0 Å². The zero-order chi connectivity index (χ0) is 19.8. The van der Waals surface area contributed by atoms with Crippen LogP contribution in [0.3, 0.4) is 0 Å². The van der Waals surface area contributed by atoms with Crippen LogP contribution in [0.5, 0.6) is 0 Å². The average Bonchev–Trinajstić information content (AvgIpc) is 2.77. The van der Waals surface area contributed by atoms with Gasteiger partial charge >= 0.3 is 6.18 Å². The molecule has 1 aliphatic rings. The van der Waals surface area contributed by atoms with E-state index in [1.54, 1.807) is 11.0 Å². The van der Waals surface area contributed by atoms with Gasteiger partial charge in [-0.05, 0) is 43.7 Å². The van der Waals surface area contributed by atoms with Crippen molar-refractivity contribution >= 4 is 17.3 Å². The highest BCUT2D eigenvalue weighted by Gasteiger charge is 2.34. The Kier molecular flexibility index (Phi) is 4.83. The Hall–Kier alpha value is -3.01. The Morgan fingerprint density at radius 2 is 1.85 bits per heavy atom. The molecule has 2 aromatic carbocycles. The van der Waals surface area contributed by atoms with Crippen LogP contribution in [0.4, 0.5) is 24.5 Å². The van der Waals surface area contributed by atoms with Crippen molar-refractivity contribution in [2.75, 3.05) is 23.4 Å². The van der Waals surface area contributed by atoms with Crippen LogP contribution in [0, 0.1) is 11.3 Å². The molecule has 0 saturated carbocycles. The largest absolute Gasteiger partial charge is 0.416 e. The number of nitrogens with zero attached hydrogens (tertiary/aromatic N) is 3. The Morgan fingerprint density at radius 1 is 1.19 bits per heavy atom. The predicted molar refractivity (Wildman–Crippen MR) is 96.8 cm³/mol. The molecule has 4 nitrogen and oxygen atoms in total. The van der Waals surface area contributed by atoms with E-state index in [9.17, 15) is 23.2 Å². The fourth-order valence-corrected chi connectivity index (χ4v) is 3.30. The van der Waals surface area contributed by atoms with Gasteiger partial charge in [0.05, 0.1) is 34.1 Å². The van der Waals surface area contributed by atoms with Gasteiger partial charge in [-0.3, -0.25) is 4.79 Å². The Balaban J connectivity index is 2.10. The van der Waals surface area contributed by atoms with Crippen LogP contribution in [0.1, 0.15) is 34.8 Å². The molecule has 1 aliphatic heterocycles. The number of carbonyl (C=O) groups excluding carboxylic acids is 1. The van der Waals surface area contributed by atoms with Gasteiger partial charge in [0.1, 0.15) is 0 Å².